The van der Waals surface area contributed by atoms with E-state index in [0.29, 0.717) is 6.42 Å². The summed E-state index contributed by atoms with van der Waals surface area (Å²) in [5.74, 6) is -2.57. The topological polar surface area (TPSA) is 172 Å². The molecule has 0 aromatic carbocycles. The SMILES string of the molecule is CCCCCCCCCCCCCCCCCCCCC(=O)OC(COC(C)=O)COP(=O)(O)OCC(N)C(=O)O. The molecule has 4 N–H and O–H groups in total. The normalized spacial score (nSPS) is 14.2. The highest BCUT2D eigenvalue weighted by Gasteiger charge is 2.27. The molecule has 0 aliphatic carbocycles. The molecule has 242 valence electrons. The molecule has 41 heavy (non-hydrogen) atoms. The van der Waals surface area contributed by atoms with Crippen LogP contribution in [0.3, 0.4) is 0 Å². The first-order valence-corrected chi connectivity index (χ1v) is 17.0. The van der Waals surface area contributed by atoms with Crippen LogP contribution in [0.15, 0.2) is 0 Å². The Morgan fingerprint density at radius 3 is 1.54 bits per heavy atom. The Labute approximate surface area is 246 Å². The Morgan fingerprint density at radius 2 is 1.12 bits per heavy atom. The van der Waals surface area contributed by atoms with Gasteiger partial charge in [-0.3, -0.25) is 23.4 Å². The van der Waals surface area contributed by atoms with E-state index in [1.807, 2.05) is 0 Å². The molecule has 0 rings (SSSR count). The van der Waals surface area contributed by atoms with Crippen LogP contribution in [0.25, 0.3) is 0 Å². The highest BCUT2D eigenvalue weighted by Crippen LogP contribution is 2.43. The van der Waals surface area contributed by atoms with Crippen LogP contribution >= 0.6 is 7.82 Å². The van der Waals surface area contributed by atoms with Crippen LogP contribution in [-0.4, -0.2) is 59.9 Å². The monoisotopic (exact) mass is 609 g/mol. The van der Waals surface area contributed by atoms with Gasteiger partial charge in [0.05, 0.1) is 13.2 Å². The van der Waals surface area contributed by atoms with Gasteiger partial charge in [-0.2, -0.15) is 0 Å². The maximum atomic E-state index is 12.2. The number of phosphoric acid groups is 1. The molecule has 0 aliphatic heterocycles. The Balaban J connectivity index is 3.90. The number of rotatable bonds is 29. The summed E-state index contributed by atoms with van der Waals surface area (Å²) >= 11 is 0. The molecule has 0 spiro atoms. The molecule has 0 heterocycles. The predicted octanol–water partition coefficient (Wildman–Crippen LogP) is 6.44. The average molecular weight is 610 g/mol. The van der Waals surface area contributed by atoms with Crippen LogP contribution in [0.1, 0.15) is 136 Å². The highest BCUT2D eigenvalue weighted by atomic mass is 31.2. The van der Waals surface area contributed by atoms with Gasteiger partial charge in [0.2, 0.25) is 0 Å². The number of ether oxygens (including phenoxy) is 2. The number of esters is 2. The summed E-state index contributed by atoms with van der Waals surface area (Å²) in [6.45, 7) is 1.72. The number of aliphatic carboxylic acids is 1. The number of carboxylic acids is 1. The molecule has 0 bridgehead atoms. The van der Waals surface area contributed by atoms with Gasteiger partial charge in [-0.25, -0.2) is 4.57 Å². The van der Waals surface area contributed by atoms with Crippen LogP contribution in [0.2, 0.25) is 0 Å². The Morgan fingerprint density at radius 1 is 0.707 bits per heavy atom. The zero-order valence-corrected chi connectivity index (χ0v) is 26.3. The lowest BCUT2D eigenvalue weighted by Crippen LogP contribution is -2.34. The molecular formula is C29H56NO10P. The lowest BCUT2D eigenvalue weighted by Gasteiger charge is -2.20. The molecule has 0 radical (unpaired) electrons. The fourth-order valence-electron chi connectivity index (χ4n) is 4.20. The number of carbonyl (C=O) groups is 3. The standard InChI is InChI=1S/C29H56NO10P/c1-3-4-5-6-7-8-9-10-11-12-13-14-15-16-17-18-19-20-21-28(32)40-26(22-37-25(2)31)23-38-41(35,36)39-24-27(30)29(33)34/h26-27H,3-24,30H2,1-2H3,(H,33,34)(H,35,36). The van der Waals surface area contributed by atoms with Crippen LogP contribution in [0.4, 0.5) is 0 Å². The van der Waals surface area contributed by atoms with Crippen molar-refractivity contribution in [3.05, 3.63) is 0 Å². The number of nitrogens with two attached hydrogens (primary N) is 1. The Kier molecular flexibility index (Phi) is 25.2. The second kappa shape index (κ2) is 26.1. The molecule has 3 atom stereocenters. The van der Waals surface area contributed by atoms with E-state index in [4.69, 9.17) is 24.8 Å². The quantitative estimate of drug-likeness (QED) is 0.0484. The van der Waals surface area contributed by atoms with E-state index in [-0.39, 0.29) is 13.0 Å². The molecule has 0 saturated carbocycles. The van der Waals surface area contributed by atoms with Crippen molar-refractivity contribution in [3.63, 3.8) is 0 Å². The van der Waals surface area contributed by atoms with E-state index < -0.39 is 51.1 Å². The van der Waals surface area contributed by atoms with E-state index >= 15 is 0 Å². The fraction of sp³-hybridized carbons (Fsp3) is 0.897. The van der Waals surface area contributed by atoms with Crippen LogP contribution in [-0.2, 0) is 37.5 Å². The number of hydrogen-bond acceptors (Lipinski definition) is 9. The van der Waals surface area contributed by atoms with Gasteiger partial charge in [0.25, 0.3) is 0 Å². The summed E-state index contributed by atoms with van der Waals surface area (Å²) in [7, 11) is -4.66. The number of carboxylic acid groups (broad SMARTS) is 1. The molecule has 11 nitrogen and oxygen atoms in total. The second-order valence-electron chi connectivity index (χ2n) is 10.7. The summed E-state index contributed by atoms with van der Waals surface area (Å²) < 4.78 is 31.3. The van der Waals surface area contributed by atoms with E-state index in [1.165, 1.54) is 96.8 Å². The minimum absolute atomic E-state index is 0.163. The predicted molar refractivity (Wildman–Crippen MR) is 157 cm³/mol. The van der Waals surface area contributed by atoms with E-state index in [2.05, 4.69) is 11.4 Å². The fourth-order valence-corrected chi connectivity index (χ4v) is 4.98. The molecular weight excluding hydrogens is 553 g/mol. The van der Waals surface area contributed by atoms with E-state index in [9.17, 15) is 23.8 Å². The first kappa shape index (κ1) is 39.5. The van der Waals surface area contributed by atoms with Gasteiger partial charge in [0, 0.05) is 13.3 Å². The van der Waals surface area contributed by atoms with Crippen molar-refractivity contribution in [3.8, 4) is 0 Å². The molecule has 0 amide bonds. The first-order valence-electron chi connectivity index (χ1n) is 15.5. The van der Waals surface area contributed by atoms with E-state index in [1.54, 1.807) is 0 Å². The molecule has 0 fully saturated rings. The summed E-state index contributed by atoms with van der Waals surface area (Å²) in [4.78, 5) is 43.7. The number of hydrogen-bond donors (Lipinski definition) is 3. The third kappa shape index (κ3) is 27.1. The summed E-state index contributed by atoms with van der Waals surface area (Å²) in [6.07, 6.45) is 21.5. The smallest absolute Gasteiger partial charge is 0.472 e. The number of unbranched alkanes of at least 4 members (excludes halogenated alkanes) is 17. The molecule has 3 unspecified atom stereocenters. The lowest BCUT2D eigenvalue weighted by atomic mass is 10.0. The van der Waals surface area contributed by atoms with Gasteiger partial charge >= 0.3 is 25.7 Å². The van der Waals surface area contributed by atoms with Crippen LogP contribution in [0.5, 0.6) is 0 Å². The van der Waals surface area contributed by atoms with Crippen molar-refractivity contribution >= 4 is 25.7 Å². The zero-order valence-electron chi connectivity index (χ0n) is 25.4. The molecule has 0 saturated heterocycles. The summed E-state index contributed by atoms with van der Waals surface area (Å²) in [5, 5.41) is 8.71. The molecule has 0 aromatic rings. The van der Waals surface area contributed by atoms with Gasteiger partial charge in [-0.1, -0.05) is 116 Å². The lowest BCUT2D eigenvalue weighted by molar-refractivity contribution is -0.160. The van der Waals surface area contributed by atoms with Crippen molar-refractivity contribution in [2.75, 3.05) is 19.8 Å². The van der Waals surface area contributed by atoms with Crippen molar-refractivity contribution in [1.82, 2.24) is 0 Å². The van der Waals surface area contributed by atoms with Crippen LogP contribution < -0.4 is 5.73 Å². The maximum Gasteiger partial charge on any atom is 0.472 e. The Hall–Kier alpha value is -1.52. The van der Waals surface area contributed by atoms with E-state index in [0.717, 1.165) is 19.3 Å². The van der Waals surface area contributed by atoms with Gasteiger partial charge in [-0.15, -0.1) is 0 Å². The minimum atomic E-state index is -4.66. The third-order valence-electron chi connectivity index (χ3n) is 6.66. The van der Waals surface area contributed by atoms with Gasteiger partial charge in [0.15, 0.2) is 6.10 Å². The second-order valence-corrected chi connectivity index (χ2v) is 12.1. The van der Waals surface area contributed by atoms with Gasteiger partial charge < -0.3 is 25.2 Å². The molecule has 0 aliphatic rings. The number of carbonyl (C=O) groups excluding carboxylic acids is 2. The van der Waals surface area contributed by atoms with Crippen molar-refractivity contribution in [1.29, 1.82) is 0 Å². The Bertz CT molecular complexity index is 736. The number of phosphoric ester groups is 1. The molecule has 12 heteroatoms. The van der Waals surface area contributed by atoms with Crippen LogP contribution in [0, 0.1) is 0 Å². The zero-order chi connectivity index (χ0) is 30.8. The third-order valence-corrected chi connectivity index (χ3v) is 7.61. The molecule has 0 aromatic heterocycles. The highest BCUT2D eigenvalue weighted by molar-refractivity contribution is 7.47. The van der Waals surface area contributed by atoms with Gasteiger partial charge in [0.1, 0.15) is 12.6 Å². The summed E-state index contributed by atoms with van der Waals surface area (Å²) in [5.41, 5.74) is 5.23. The minimum Gasteiger partial charge on any atom is -0.480 e. The largest absolute Gasteiger partial charge is 0.480 e. The van der Waals surface area contributed by atoms with Gasteiger partial charge in [-0.05, 0) is 6.42 Å². The maximum absolute atomic E-state index is 12.2. The van der Waals surface area contributed by atoms with Crippen molar-refractivity contribution in [2.24, 2.45) is 5.73 Å². The first-order chi connectivity index (χ1) is 19.6. The van der Waals surface area contributed by atoms with Crippen molar-refractivity contribution < 1.29 is 47.5 Å². The van der Waals surface area contributed by atoms with Crippen molar-refractivity contribution in [2.45, 2.75) is 148 Å². The average Bonchev–Trinajstić information content (AvgIpc) is 2.92. The summed E-state index contributed by atoms with van der Waals surface area (Å²) in [6, 6.07) is -1.51.